The van der Waals surface area contributed by atoms with Crippen molar-refractivity contribution in [2.75, 3.05) is 33.9 Å². The molecule has 0 aromatic carbocycles. The number of likely N-dealkylation sites (N-methyl/N-ethyl adjacent to an activating group) is 1. The van der Waals surface area contributed by atoms with Crippen molar-refractivity contribution in [3.63, 3.8) is 0 Å². The van der Waals surface area contributed by atoms with E-state index in [2.05, 4.69) is 15.0 Å². The Morgan fingerprint density at radius 2 is 2.25 bits per heavy atom. The van der Waals surface area contributed by atoms with E-state index in [0.717, 1.165) is 18.8 Å². The van der Waals surface area contributed by atoms with Gasteiger partial charge >= 0.3 is 0 Å². The number of aromatic nitrogens is 2. The minimum absolute atomic E-state index is 0.0258. The third-order valence-corrected chi connectivity index (χ3v) is 2.71. The van der Waals surface area contributed by atoms with Crippen molar-refractivity contribution in [2.45, 2.75) is 18.4 Å². The summed E-state index contributed by atoms with van der Waals surface area (Å²) >= 11 is 0. The Morgan fingerprint density at radius 3 is 2.88 bits per heavy atom. The molecule has 2 heterocycles. The maximum atomic E-state index is 5.88. The molecule has 0 amide bonds. The molecule has 16 heavy (non-hydrogen) atoms. The lowest BCUT2D eigenvalue weighted by atomic mass is 10.1. The van der Waals surface area contributed by atoms with E-state index in [1.807, 2.05) is 14.1 Å². The first-order valence-electron chi connectivity index (χ1n) is 5.47. The fourth-order valence-corrected chi connectivity index (χ4v) is 1.67. The van der Waals surface area contributed by atoms with Crippen molar-refractivity contribution in [1.82, 2.24) is 15.0 Å². The molecule has 1 fully saturated rings. The number of nitrogens with zero attached hydrogens (tertiary/aromatic N) is 3. The first kappa shape index (κ1) is 11.5. The molecule has 90 valence electrons. The highest BCUT2D eigenvalue weighted by Crippen LogP contribution is 2.22. The summed E-state index contributed by atoms with van der Waals surface area (Å²) in [6, 6.07) is -0.0258. The van der Waals surface area contributed by atoms with Crippen LogP contribution < -0.4 is 5.73 Å². The summed E-state index contributed by atoms with van der Waals surface area (Å²) in [7, 11) is 4.03. The van der Waals surface area contributed by atoms with Gasteiger partial charge < -0.3 is 19.9 Å². The van der Waals surface area contributed by atoms with Crippen LogP contribution in [-0.4, -0.2) is 54.9 Å². The summed E-state index contributed by atoms with van der Waals surface area (Å²) < 4.78 is 10.5. The summed E-state index contributed by atoms with van der Waals surface area (Å²) in [5, 5.41) is 3.94. The molecular weight excluding hydrogens is 208 g/mol. The largest absolute Gasteiger partial charge is 0.379 e. The van der Waals surface area contributed by atoms with Gasteiger partial charge in [-0.05, 0) is 14.1 Å². The molecule has 1 aliphatic heterocycles. The molecule has 6 heteroatoms. The highest BCUT2D eigenvalue weighted by molar-refractivity contribution is 5.01. The summed E-state index contributed by atoms with van der Waals surface area (Å²) in [6.07, 6.45) is 0.791. The number of ether oxygens (including phenoxy) is 1. The summed E-state index contributed by atoms with van der Waals surface area (Å²) in [6.45, 7) is 2.06. The Hall–Kier alpha value is -0.980. The van der Waals surface area contributed by atoms with Crippen LogP contribution in [0.4, 0.5) is 0 Å². The molecule has 1 saturated heterocycles. The topological polar surface area (TPSA) is 77.4 Å². The first-order valence-corrected chi connectivity index (χ1v) is 5.47. The number of hydrogen-bond donors (Lipinski definition) is 1. The third-order valence-electron chi connectivity index (χ3n) is 2.71. The number of nitrogens with two attached hydrogens (primary N) is 1. The lowest BCUT2D eigenvalue weighted by Gasteiger charge is -2.06. The molecule has 2 N–H and O–H groups in total. The molecule has 1 aliphatic rings. The Balaban J connectivity index is 1.96. The van der Waals surface area contributed by atoms with Gasteiger partial charge in [0, 0.05) is 19.0 Å². The SMILES string of the molecule is CN(C)CCc1noc(C2COCC2N)n1. The van der Waals surface area contributed by atoms with Crippen LogP contribution in [0.15, 0.2) is 4.52 Å². The van der Waals surface area contributed by atoms with Crippen LogP contribution in [0, 0.1) is 0 Å². The fourth-order valence-electron chi connectivity index (χ4n) is 1.67. The van der Waals surface area contributed by atoms with Crippen LogP contribution in [-0.2, 0) is 11.2 Å². The average molecular weight is 226 g/mol. The molecule has 2 unspecified atom stereocenters. The Labute approximate surface area is 94.7 Å². The van der Waals surface area contributed by atoms with Crippen molar-refractivity contribution in [3.8, 4) is 0 Å². The predicted molar refractivity (Wildman–Crippen MR) is 58.1 cm³/mol. The van der Waals surface area contributed by atoms with Crippen LogP contribution in [0.2, 0.25) is 0 Å². The number of hydrogen-bond acceptors (Lipinski definition) is 6. The van der Waals surface area contributed by atoms with Crippen LogP contribution >= 0.6 is 0 Å². The molecule has 0 saturated carbocycles. The van der Waals surface area contributed by atoms with Crippen molar-refractivity contribution in [3.05, 3.63) is 11.7 Å². The fraction of sp³-hybridized carbons (Fsp3) is 0.800. The summed E-state index contributed by atoms with van der Waals surface area (Å²) in [4.78, 5) is 6.43. The summed E-state index contributed by atoms with van der Waals surface area (Å²) in [5.41, 5.74) is 5.88. The van der Waals surface area contributed by atoms with Gasteiger partial charge in [-0.25, -0.2) is 0 Å². The van der Waals surface area contributed by atoms with Crippen molar-refractivity contribution < 1.29 is 9.26 Å². The Kier molecular flexibility index (Phi) is 3.52. The van der Waals surface area contributed by atoms with Gasteiger partial charge in [0.1, 0.15) is 0 Å². The summed E-state index contributed by atoms with van der Waals surface area (Å²) in [5.74, 6) is 1.40. The van der Waals surface area contributed by atoms with Gasteiger partial charge in [0.25, 0.3) is 0 Å². The zero-order chi connectivity index (χ0) is 11.5. The van der Waals surface area contributed by atoms with Crippen LogP contribution in [0.1, 0.15) is 17.6 Å². The van der Waals surface area contributed by atoms with E-state index in [1.165, 1.54) is 0 Å². The van der Waals surface area contributed by atoms with Gasteiger partial charge in [-0.1, -0.05) is 5.16 Å². The van der Waals surface area contributed by atoms with Gasteiger partial charge in [-0.2, -0.15) is 4.98 Å². The second-order valence-electron chi connectivity index (χ2n) is 4.41. The maximum absolute atomic E-state index is 5.88. The van der Waals surface area contributed by atoms with Crippen molar-refractivity contribution >= 4 is 0 Å². The van der Waals surface area contributed by atoms with E-state index < -0.39 is 0 Å². The van der Waals surface area contributed by atoms with Crippen LogP contribution in [0.25, 0.3) is 0 Å². The van der Waals surface area contributed by atoms with E-state index in [4.69, 9.17) is 15.0 Å². The average Bonchev–Trinajstić information content (AvgIpc) is 2.83. The van der Waals surface area contributed by atoms with Gasteiger partial charge in [0.15, 0.2) is 5.82 Å². The molecule has 6 nitrogen and oxygen atoms in total. The van der Waals surface area contributed by atoms with Crippen LogP contribution in [0.5, 0.6) is 0 Å². The quantitative estimate of drug-likeness (QED) is 0.753. The van der Waals surface area contributed by atoms with Gasteiger partial charge in [0.2, 0.25) is 5.89 Å². The molecule has 0 spiro atoms. The molecule has 1 aromatic rings. The molecule has 0 aliphatic carbocycles. The molecule has 2 rings (SSSR count). The van der Waals surface area contributed by atoms with E-state index in [9.17, 15) is 0 Å². The molecular formula is C10H18N4O2. The van der Waals surface area contributed by atoms with E-state index in [1.54, 1.807) is 0 Å². The Morgan fingerprint density at radius 1 is 1.44 bits per heavy atom. The first-order chi connectivity index (χ1) is 7.66. The second-order valence-corrected chi connectivity index (χ2v) is 4.41. The zero-order valence-corrected chi connectivity index (χ0v) is 9.72. The molecule has 0 bridgehead atoms. The minimum atomic E-state index is -0.0258. The van der Waals surface area contributed by atoms with Crippen LogP contribution in [0.3, 0.4) is 0 Å². The standard InChI is InChI=1S/C10H18N4O2/c1-14(2)4-3-9-12-10(16-13-9)7-5-15-6-8(7)11/h7-8H,3-6,11H2,1-2H3. The van der Waals surface area contributed by atoms with E-state index in [-0.39, 0.29) is 12.0 Å². The Bertz CT molecular complexity index is 339. The molecule has 2 atom stereocenters. The maximum Gasteiger partial charge on any atom is 0.233 e. The second kappa shape index (κ2) is 4.90. The highest BCUT2D eigenvalue weighted by atomic mass is 16.5. The minimum Gasteiger partial charge on any atom is -0.379 e. The molecule has 1 aromatic heterocycles. The van der Waals surface area contributed by atoms with Crippen molar-refractivity contribution in [2.24, 2.45) is 5.73 Å². The van der Waals surface area contributed by atoms with Gasteiger partial charge in [0.05, 0.1) is 19.1 Å². The lowest BCUT2D eigenvalue weighted by Crippen LogP contribution is -2.27. The van der Waals surface area contributed by atoms with Crippen molar-refractivity contribution in [1.29, 1.82) is 0 Å². The normalized spacial score (nSPS) is 25.5. The van der Waals surface area contributed by atoms with Gasteiger partial charge in [-0.15, -0.1) is 0 Å². The smallest absolute Gasteiger partial charge is 0.233 e. The highest BCUT2D eigenvalue weighted by Gasteiger charge is 2.31. The third kappa shape index (κ3) is 2.58. The van der Waals surface area contributed by atoms with E-state index >= 15 is 0 Å². The lowest BCUT2D eigenvalue weighted by molar-refractivity contribution is 0.187. The molecule has 0 radical (unpaired) electrons. The van der Waals surface area contributed by atoms with Gasteiger partial charge in [-0.3, -0.25) is 0 Å². The zero-order valence-electron chi connectivity index (χ0n) is 9.72. The number of rotatable bonds is 4. The van der Waals surface area contributed by atoms with E-state index in [0.29, 0.717) is 19.1 Å². The monoisotopic (exact) mass is 226 g/mol. The predicted octanol–water partition coefficient (Wildman–Crippen LogP) is -0.385.